The molecule has 0 amide bonds. The number of aliphatic hydroxyl groups excluding tert-OH is 1. The molecule has 1 heterocycles. The molecule has 0 saturated carbocycles. The van der Waals surface area contributed by atoms with Crippen LogP contribution < -0.4 is 0 Å². The van der Waals surface area contributed by atoms with Crippen LogP contribution in [-0.2, 0) is 6.42 Å². The van der Waals surface area contributed by atoms with Crippen LogP contribution >= 0.6 is 27.3 Å². The summed E-state index contributed by atoms with van der Waals surface area (Å²) in [5.41, 5.74) is 2.29. The SMILES string of the molecule is CCCc1ccc(C(O)c2ccc(Br)s2)cc1. The summed E-state index contributed by atoms with van der Waals surface area (Å²) in [5.74, 6) is 0. The maximum atomic E-state index is 10.2. The van der Waals surface area contributed by atoms with Crippen molar-refractivity contribution < 1.29 is 5.11 Å². The van der Waals surface area contributed by atoms with Crippen molar-refractivity contribution in [3.05, 3.63) is 56.2 Å². The van der Waals surface area contributed by atoms with Crippen molar-refractivity contribution in [3.63, 3.8) is 0 Å². The largest absolute Gasteiger partial charge is 0.383 e. The van der Waals surface area contributed by atoms with Crippen LogP contribution in [0.5, 0.6) is 0 Å². The number of benzene rings is 1. The first kappa shape index (κ1) is 12.8. The summed E-state index contributed by atoms with van der Waals surface area (Å²) in [6, 6.07) is 12.2. The molecule has 3 heteroatoms. The molecule has 2 rings (SSSR count). The standard InChI is InChI=1S/C14H15BrOS/c1-2-3-10-4-6-11(7-5-10)14(16)12-8-9-13(15)17-12/h4-9,14,16H,2-3H2,1H3. The van der Waals surface area contributed by atoms with Crippen LogP contribution in [0.25, 0.3) is 0 Å². The monoisotopic (exact) mass is 310 g/mol. The summed E-state index contributed by atoms with van der Waals surface area (Å²) in [4.78, 5) is 0.972. The topological polar surface area (TPSA) is 20.2 Å². The number of hydrogen-bond acceptors (Lipinski definition) is 2. The Bertz CT molecular complexity index is 475. The van der Waals surface area contributed by atoms with E-state index < -0.39 is 6.10 Å². The second kappa shape index (κ2) is 5.80. The molecule has 1 unspecified atom stereocenters. The van der Waals surface area contributed by atoms with Crippen LogP contribution in [0, 0.1) is 0 Å². The molecule has 1 N–H and O–H groups in total. The summed E-state index contributed by atoms with van der Waals surface area (Å²) in [6.45, 7) is 2.17. The van der Waals surface area contributed by atoms with E-state index in [0.717, 1.165) is 27.1 Å². The summed E-state index contributed by atoms with van der Waals surface area (Å²) in [5, 5.41) is 10.2. The Hall–Kier alpha value is -0.640. The van der Waals surface area contributed by atoms with Gasteiger partial charge < -0.3 is 5.11 Å². The van der Waals surface area contributed by atoms with Gasteiger partial charge in [0.15, 0.2) is 0 Å². The van der Waals surface area contributed by atoms with Gasteiger partial charge in [-0.25, -0.2) is 0 Å². The van der Waals surface area contributed by atoms with E-state index in [1.807, 2.05) is 24.3 Å². The minimum Gasteiger partial charge on any atom is -0.383 e. The quantitative estimate of drug-likeness (QED) is 0.878. The second-order valence-electron chi connectivity index (χ2n) is 4.04. The lowest BCUT2D eigenvalue weighted by atomic mass is 10.0. The molecule has 0 spiro atoms. The highest BCUT2D eigenvalue weighted by molar-refractivity contribution is 9.11. The molecule has 0 aliphatic carbocycles. The van der Waals surface area contributed by atoms with Crippen LogP contribution in [0.15, 0.2) is 40.2 Å². The Labute approximate surface area is 114 Å². The maximum Gasteiger partial charge on any atom is 0.113 e. The van der Waals surface area contributed by atoms with Gasteiger partial charge in [0.05, 0.1) is 3.79 Å². The van der Waals surface area contributed by atoms with Crippen molar-refractivity contribution in [2.24, 2.45) is 0 Å². The molecular weight excluding hydrogens is 296 g/mol. The lowest BCUT2D eigenvalue weighted by molar-refractivity contribution is 0.224. The molecular formula is C14H15BrOS. The van der Waals surface area contributed by atoms with Crippen molar-refractivity contribution in [2.75, 3.05) is 0 Å². The number of halogens is 1. The Kier molecular flexibility index (Phi) is 4.37. The van der Waals surface area contributed by atoms with Crippen molar-refractivity contribution in [2.45, 2.75) is 25.9 Å². The maximum absolute atomic E-state index is 10.2. The third-order valence-electron chi connectivity index (χ3n) is 2.70. The summed E-state index contributed by atoms with van der Waals surface area (Å²) < 4.78 is 1.05. The van der Waals surface area contributed by atoms with E-state index in [9.17, 15) is 5.11 Å². The van der Waals surface area contributed by atoms with Crippen molar-refractivity contribution in [3.8, 4) is 0 Å². The van der Waals surface area contributed by atoms with Gasteiger partial charge in [0.25, 0.3) is 0 Å². The van der Waals surface area contributed by atoms with Gasteiger partial charge in [0, 0.05) is 4.88 Å². The van der Waals surface area contributed by atoms with E-state index in [-0.39, 0.29) is 0 Å². The zero-order chi connectivity index (χ0) is 12.3. The van der Waals surface area contributed by atoms with E-state index >= 15 is 0 Å². The molecule has 0 fully saturated rings. The number of aryl methyl sites for hydroxylation is 1. The van der Waals surface area contributed by atoms with Crippen LogP contribution in [0.2, 0.25) is 0 Å². The van der Waals surface area contributed by atoms with Gasteiger partial charge in [-0.15, -0.1) is 11.3 Å². The van der Waals surface area contributed by atoms with Crippen molar-refractivity contribution >= 4 is 27.3 Å². The number of hydrogen-bond donors (Lipinski definition) is 1. The summed E-state index contributed by atoms with van der Waals surface area (Å²) in [6.07, 6.45) is 1.74. The highest BCUT2D eigenvalue weighted by Gasteiger charge is 2.12. The van der Waals surface area contributed by atoms with Crippen LogP contribution in [0.3, 0.4) is 0 Å². The average Bonchev–Trinajstić information content (AvgIpc) is 2.76. The first-order valence-corrected chi connectivity index (χ1v) is 7.33. The second-order valence-corrected chi connectivity index (χ2v) is 6.53. The normalized spacial score (nSPS) is 12.6. The smallest absolute Gasteiger partial charge is 0.113 e. The van der Waals surface area contributed by atoms with Gasteiger partial charge in [0.2, 0.25) is 0 Å². The van der Waals surface area contributed by atoms with Gasteiger partial charge >= 0.3 is 0 Å². The molecule has 1 aromatic heterocycles. The third-order valence-corrected chi connectivity index (χ3v) is 4.37. The fourth-order valence-electron chi connectivity index (χ4n) is 1.79. The van der Waals surface area contributed by atoms with E-state index in [0.29, 0.717) is 0 Å². The van der Waals surface area contributed by atoms with Crippen molar-refractivity contribution in [1.29, 1.82) is 0 Å². The Morgan fingerprint density at radius 2 is 1.88 bits per heavy atom. The molecule has 0 radical (unpaired) electrons. The van der Waals surface area contributed by atoms with E-state index in [1.165, 1.54) is 5.56 Å². The fraction of sp³-hybridized carbons (Fsp3) is 0.286. The number of aliphatic hydroxyl groups is 1. The lowest BCUT2D eigenvalue weighted by Gasteiger charge is -2.09. The first-order chi connectivity index (χ1) is 8.20. The molecule has 2 aromatic rings. The molecule has 0 aliphatic rings. The van der Waals surface area contributed by atoms with Crippen LogP contribution in [0.1, 0.15) is 35.5 Å². The molecule has 0 aliphatic heterocycles. The highest BCUT2D eigenvalue weighted by atomic mass is 79.9. The molecule has 0 bridgehead atoms. The fourth-order valence-corrected chi connectivity index (χ4v) is 3.23. The zero-order valence-corrected chi connectivity index (χ0v) is 12.1. The predicted molar refractivity (Wildman–Crippen MR) is 76.5 cm³/mol. The Morgan fingerprint density at radius 3 is 2.41 bits per heavy atom. The van der Waals surface area contributed by atoms with E-state index in [1.54, 1.807) is 11.3 Å². The average molecular weight is 311 g/mol. The minimum absolute atomic E-state index is 0.512. The number of rotatable bonds is 4. The summed E-state index contributed by atoms with van der Waals surface area (Å²) in [7, 11) is 0. The van der Waals surface area contributed by atoms with Crippen LogP contribution in [0.4, 0.5) is 0 Å². The lowest BCUT2D eigenvalue weighted by Crippen LogP contribution is -1.97. The minimum atomic E-state index is -0.512. The zero-order valence-electron chi connectivity index (χ0n) is 9.69. The third kappa shape index (κ3) is 3.18. The van der Waals surface area contributed by atoms with Gasteiger partial charge in [-0.2, -0.15) is 0 Å². The van der Waals surface area contributed by atoms with Gasteiger partial charge in [0.1, 0.15) is 6.10 Å². The van der Waals surface area contributed by atoms with Gasteiger partial charge in [-0.1, -0.05) is 37.6 Å². The molecule has 90 valence electrons. The van der Waals surface area contributed by atoms with Gasteiger partial charge in [-0.05, 0) is 45.6 Å². The highest BCUT2D eigenvalue weighted by Crippen LogP contribution is 2.31. The molecule has 1 atom stereocenters. The van der Waals surface area contributed by atoms with E-state index in [2.05, 4.69) is 35.0 Å². The van der Waals surface area contributed by atoms with Crippen molar-refractivity contribution in [1.82, 2.24) is 0 Å². The van der Waals surface area contributed by atoms with Gasteiger partial charge in [-0.3, -0.25) is 0 Å². The van der Waals surface area contributed by atoms with Crippen LogP contribution in [-0.4, -0.2) is 5.11 Å². The number of thiophene rings is 1. The molecule has 17 heavy (non-hydrogen) atoms. The first-order valence-electron chi connectivity index (χ1n) is 5.73. The summed E-state index contributed by atoms with van der Waals surface area (Å²) >= 11 is 4.98. The molecule has 1 aromatic carbocycles. The predicted octanol–water partition coefficient (Wildman–Crippen LogP) is 4.54. The Morgan fingerprint density at radius 1 is 1.18 bits per heavy atom. The molecule has 1 nitrogen and oxygen atoms in total. The van der Waals surface area contributed by atoms with E-state index in [4.69, 9.17) is 0 Å². The Balaban J connectivity index is 2.16. The molecule has 0 saturated heterocycles.